The molecule has 0 fully saturated rings. The van der Waals surface area contributed by atoms with E-state index in [1.54, 1.807) is 0 Å². The van der Waals surface area contributed by atoms with E-state index in [9.17, 15) is 0 Å². The van der Waals surface area contributed by atoms with Gasteiger partial charge in [-0.05, 0) is 0 Å². The van der Waals surface area contributed by atoms with E-state index in [2.05, 4.69) is 273 Å². The fourth-order valence-corrected chi connectivity index (χ4v) is 29.0. The van der Waals surface area contributed by atoms with Gasteiger partial charge >= 0.3 is 382 Å². The molecule has 0 spiro atoms. The molecule has 335 valence electrons. The SMILES string of the molecule is [C-]#N.[C-]#N.[C-]#N.[C-]#N.[C-]#N.[C-]#N.[Fe+3].c1cc[c]([Sn+]([c]2ccccc2)[c]2ccccc2)cc1.c1cc[c]([Sn+]([c]2ccccc2)[c]2ccccc2)cc1.c1cc[c]([Sn+]([c]2ccccc2)[c]2ccccc2)cc1. The van der Waals surface area contributed by atoms with Gasteiger partial charge in [-0.15, -0.1) is 0 Å². The Bertz CT molecular complexity index is 2140. The van der Waals surface area contributed by atoms with Crippen LogP contribution < -0.4 is 32.2 Å². The topological polar surface area (TPSA) is 143 Å². The minimum atomic E-state index is -1.98. The molecule has 10 heteroatoms. The predicted octanol–water partition coefficient (Wildman–Crippen LogP) is 7.18. The van der Waals surface area contributed by atoms with Crippen molar-refractivity contribution < 1.29 is 17.1 Å². The van der Waals surface area contributed by atoms with Crippen LogP contribution in [-0.2, 0) is 17.1 Å². The van der Waals surface area contributed by atoms with Gasteiger partial charge in [-0.1, -0.05) is 0 Å². The van der Waals surface area contributed by atoms with Crippen LogP contribution in [-0.4, -0.2) is 59.3 Å². The number of nitrogens with zero attached hydrogens (tertiary/aromatic N) is 6. The van der Waals surface area contributed by atoms with Crippen molar-refractivity contribution in [3.05, 3.63) is 312 Å². The van der Waals surface area contributed by atoms with Crippen LogP contribution in [0, 0.1) is 71.0 Å². The zero-order chi connectivity index (χ0) is 50.7. The van der Waals surface area contributed by atoms with E-state index < -0.39 is 59.3 Å². The van der Waals surface area contributed by atoms with Gasteiger partial charge in [0.15, 0.2) is 0 Å². The van der Waals surface area contributed by atoms with E-state index in [-0.39, 0.29) is 17.1 Å². The molecule has 9 aromatic rings. The second-order valence-electron chi connectivity index (χ2n) is 13.4. The zero-order valence-corrected chi connectivity index (χ0v) is 47.7. The first-order valence-corrected chi connectivity index (χ1v) is 33.6. The van der Waals surface area contributed by atoms with Crippen LogP contribution in [0.2, 0.25) is 0 Å². The normalized spacial score (nSPS) is 8.40. The van der Waals surface area contributed by atoms with Crippen molar-refractivity contribution in [1.29, 1.82) is 31.6 Å². The fraction of sp³-hybridized carbons (Fsp3) is 0. The van der Waals surface area contributed by atoms with E-state index in [4.69, 9.17) is 71.0 Å². The first-order valence-electron chi connectivity index (χ1n) is 20.8. The van der Waals surface area contributed by atoms with Crippen molar-refractivity contribution in [3.63, 3.8) is 0 Å². The van der Waals surface area contributed by atoms with Crippen LogP contribution in [0.1, 0.15) is 0 Å². The van der Waals surface area contributed by atoms with Crippen molar-refractivity contribution in [3.8, 4) is 0 Å². The summed E-state index contributed by atoms with van der Waals surface area (Å²) in [7, 11) is 0. The molecular weight excluding hydrogens is 1220 g/mol. The van der Waals surface area contributed by atoms with Crippen LogP contribution in [0.25, 0.3) is 0 Å². The van der Waals surface area contributed by atoms with Crippen molar-refractivity contribution in [1.82, 2.24) is 0 Å². The number of benzene rings is 9. The van der Waals surface area contributed by atoms with Crippen LogP contribution in [0.15, 0.2) is 273 Å². The van der Waals surface area contributed by atoms with Crippen LogP contribution in [0.4, 0.5) is 0 Å². The first-order chi connectivity index (χ1) is 34.3. The van der Waals surface area contributed by atoms with Crippen LogP contribution in [0.3, 0.4) is 0 Å². The third-order valence-electron chi connectivity index (χ3n) is 9.56. The molecule has 9 aromatic carbocycles. The molecule has 9 rings (SSSR count). The Morgan fingerprint density at radius 2 is 0.229 bits per heavy atom. The molecule has 0 saturated carbocycles. The average molecular weight is 1260 g/mol. The van der Waals surface area contributed by atoms with Crippen molar-refractivity contribution in [2.75, 3.05) is 0 Å². The Kier molecular flexibility index (Phi) is 37.7. The third kappa shape index (κ3) is 21.4. The summed E-state index contributed by atoms with van der Waals surface area (Å²) in [4.78, 5) is 0. The molecule has 0 saturated heterocycles. The summed E-state index contributed by atoms with van der Waals surface area (Å²) in [5.74, 6) is 0. The predicted molar refractivity (Wildman–Crippen MR) is 282 cm³/mol. The van der Waals surface area contributed by atoms with Gasteiger partial charge in [-0.3, -0.25) is 0 Å². The number of rotatable bonds is 9. The summed E-state index contributed by atoms with van der Waals surface area (Å²) in [6, 6.07) is 98.8. The third-order valence-corrected chi connectivity index (χ3v) is 33.0. The average Bonchev–Trinajstić information content (AvgIpc) is 3.47. The quantitative estimate of drug-likeness (QED) is 0.111. The summed E-state index contributed by atoms with van der Waals surface area (Å²) >= 11 is -5.94. The maximum atomic E-state index is 6.25. The Morgan fingerprint density at radius 1 is 0.157 bits per heavy atom. The van der Waals surface area contributed by atoms with Crippen molar-refractivity contribution >= 4 is 91.5 Å². The maximum absolute atomic E-state index is 6.25. The van der Waals surface area contributed by atoms with E-state index in [1.807, 2.05) is 0 Å². The molecule has 0 amide bonds. The molecule has 0 heterocycles. The molecule has 0 aliphatic rings. The van der Waals surface area contributed by atoms with Gasteiger partial charge in [0.05, 0.1) is 0 Å². The molecular formula is C60H45FeN6Sn3. The van der Waals surface area contributed by atoms with Gasteiger partial charge in [-0.25, -0.2) is 0 Å². The molecule has 0 unspecified atom stereocenters. The molecule has 0 atom stereocenters. The standard InChI is InChI=1S/9C6H5.6CN.Fe.3Sn/c9*1-2-4-6-5-3-1;6*1-2;;;;/h9*1-5H;;;;;;;;;;/q;;;;;;;;;6*-1;+3;3*+1. The Labute approximate surface area is 448 Å². The molecule has 0 bridgehead atoms. The molecule has 70 heavy (non-hydrogen) atoms. The Morgan fingerprint density at radius 3 is 0.300 bits per heavy atom. The molecule has 0 aliphatic carbocycles. The molecule has 6 nitrogen and oxygen atoms in total. The zero-order valence-electron chi connectivity index (χ0n) is 38.0. The first kappa shape index (κ1) is 62.8. The van der Waals surface area contributed by atoms with Gasteiger partial charge in [-0.2, -0.15) is 0 Å². The van der Waals surface area contributed by atoms with E-state index in [0.717, 1.165) is 0 Å². The van der Waals surface area contributed by atoms with E-state index in [1.165, 1.54) is 32.2 Å². The van der Waals surface area contributed by atoms with Gasteiger partial charge in [0.2, 0.25) is 0 Å². The van der Waals surface area contributed by atoms with Crippen LogP contribution in [0.5, 0.6) is 0 Å². The molecule has 0 N–H and O–H groups in total. The molecule has 1 radical (unpaired) electrons. The summed E-state index contributed by atoms with van der Waals surface area (Å²) < 4.78 is 13.8. The summed E-state index contributed by atoms with van der Waals surface area (Å²) in [6.45, 7) is 28.5. The number of hydrogen-bond acceptors (Lipinski definition) is 6. The Hall–Kier alpha value is -7.16. The van der Waals surface area contributed by atoms with Gasteiger partial charge in [0.1, 0.15) is 0 Å². The second-order valence-corrected chi connectivity index (χ2v) is 34.7. The van der Waals surface area contributed by atoms with Crippen molar-refractivity contribution in [2.24, 2.45) is 0 Å². The van der Waals surface area contributed by atoms with E-state index in [0.29, 0.717) is 0 Å². The van der Waals surface area contributed by atoms with E-state index >= 15 is 0 Å². The Balaban J connectivity index is 0.000000913. The summed E-state index contributed by atoms with van der Waals surface area (Å²) in [5.41, 5.74) is 0. The molecule has 0 aromatic heterocycles. The van der Waals surface area contributed by atoms with Gasteiger partial charge in [0, 0.05) is 0 Å². The second kappa shape index (κ2) is 42.0. The van der Waals surface area contributed by atoms with Crippen molar-refractivity contribution in [2.45, 2.75) is 0 Å². The minimum absolute atomic E-state index is 0. The summed E-state index contributed by atoms with van der Waals surface area (Å²) in [5, 5.41) is 37.5. The molecule has 0 aliphatic heterocycles. The fourth-order valence-electron chi connectivity index (χ4n) is 6.94. The monoisotopic (exact) mass is 1270 g/mol. The van der Waals surface area contributed by atoms with Gasteiger partial charge in [0.25, 0.3) is 0 Å². The summed E-state index contributed by atoms with van der Waals surface area (Å²) in [6.07, 6.45) is 0. The van der Waals surface area contributed by atoms with Gasteiger partial charge < -0.3 is 71.0 Å². The van der Waals surface area contributed by atoms with Crippen LogP contribution >= 0.6 is 0 Å². The number of hydrogen-bond donors (Lipinski definition) is 0.